The van der Waals surface area contributed by atoms with E-state index in [-0.39, 0.29) is 12.0 Å². The molecule has 2 N–H and O–H groups in total. The van der Waals surface area contributed by atoms with Crippen molar-refractivity contribution in [3.63, 3.8) is 0 Å². The van der Waals surface area contributed by atoms with Crippen LogP contribution in [-0.4, -0.2) is 12.6 Å². The minimum absolute atomic E-state index is 0.0393. The fourth-order valence-corrected chi connectivity index (χ4v) is 3.33. The zero-order valence-corrected chi connectivity index (χ0v) is 15.0. The quantitative estimate of drug-likeness (QED) is 0.583. The Bertz CT molecular complexity index is 773. The Kier molecular flexibility index (Phi) is 5.20. The summed E-state index contributed by atoms with van der Waals surface area (Å²) in [6, 6.07) is 16.1. The van der Waals surface area contributed by atoms with Crippen LogP contribution in [0.1, 0.15) is 24.9 Å². The molecular weight excluding hydrogens is 368 g/mol. The van der Waals surface area contributed by atoms with Crippen LogP contribution in [0.4, 0.5) is 11.4 Å². The van der Waals surface area contributed by atoms with E-state index < -0.39 is 0 Å². The summed E-state index contributed by atoms with van der Waals surface area (Å²) in [6.07, 6.45) is 2.19. The van der Waals surface area contributed by atoms with Gasteiger partial charge in [-0.2, -0.15) is 0 Å². The fourth-order valence-electron chi connectivity index (χ4n) is 2.77. The molecular formula is C19H19BrN2O2. The first-order chi connectivity index (χ1) is 11.7. The number of nitrogens with one attached hydrogen (secondary N) is 2. The summed E-state index contributed by atoms with van der Waals surface area (Å²) in [5.41, 5.74) is 3.92. The molecule has 0 bridgehead atoms. The monoisotopic (exact) mass is 386 g/mol. The van der Waals surface area contributed by atoms with E-state index in [0.717, 1.165) is 27.1 Å². The average Bonchev–Trinajstić information content (AvgIpc) is 2.74. The Morgan fingerprint density at radius 1 is 1.21 bits per heavy atom. The molecule has 5 heteroatoms. The van der Waals surface area contributed by atoms with Crippen molar-refractivity contribution in [2.75, 3.05) is 17.2 Å². The molecule has 0 saturated heterocycles. The predicted octanol–water partition coefficient (Wildman–Crippen LogP) is 4.86. The van der Waals surface area contributed by atoms with Gasteiger partial charge >= 0.3 is 5.97 Å². The van der Waals surface area contributed by atoms with Crippen LogP contribution in [0.25, 0.3) is 0 Å². The predicted molar refractivity (Wildman–Crippen MR) is 99.9 cm³/mol. The molecule has 4 nitrogen and oxygen atoms in total. The number of fused-ring (bicyclic) bond motifs is 1. The molecule has 0 radical (unpaired) electrons. The molecule has 0 fully saturated rings. The lowest BCUT2D eigenvalue weighted by Crippen LogP contribution is -2.12. The summed E-state index contributed by atoms with van der Waals surface area (Å²) < 4.78 is 6.09. The van der Waals surface area contributed by atoms with Crippen molar-refractivity contribution < 1.29 is 9.53 Å². The maximum absolute atomic E-state index is 11.9. The highest BCUT2D eigenvalue weighted by Crippen LogP contribution is 2.37. The third kappa shape index (κ3) is 3.79. The first kappa shape index (κ1) is 16.6. The van der Waals surface area contributed by atoms with E-state index in [1.165, 1.54) is 6.08 Å². The van der Waals surface area contributed by atoms with Gasteiger partial charge in [0, 0.05) is 22.7 Å². The van der Waals surface area contributed by atoms with Crippen molar-refractivity contribution in [3.8, 4) is 0 Å². The summed E-state index contributed by atoms with van der Waals surface area (Å²) in [4.78, 5) is 11.9. The van der Waals surface area contributed by atoms with E-state index in [1.54, 1.807) is 6.92 Å². The van der Waals surface area contributed by atoms with Crippen LogP contribution in [0.3, 0.4) is 0 Å². The summed E-state index contributed by atoms with van der Waals surface area (Å²) in [6.45, 7) is 2.17. The zero-order chi connectivity index (χ0) is 16.9. The van der Waals surface area contributed by atoms with Gasteiger partial charge in [-0.3, -0.25) is 0 Å². The van der Waals surface area contributed by atoms with Crippen molar-refractivity contribution in [2.45, 2.75) is 19.4 Å². The second-order valence-electron chi connectivity index (χ2n) is 5.51. The SMILES string of the molecule is CCOC(=O)/C=C1/CC(c2ccccc2Br)Nc2ccccc2N1. The minimum Gasteiger partial charge on any atom is -0.463 e. The molecule has 1 unspecified atom stereocenters. The number of halogens is 1. The number of benzene rings is 2. The molecule has 2 aromatic carbocycles. The van der Waals surface area contributed by atoms with Gasteiger partial charge in [0.05, 0.1) is 24.0 Å². The molecule has 3 rings (SSSR count). The van der Waals surface area contributed by atoms with Crippen LogP contribution in [0.15, 0.2) is 64.8 Å². The number of carbonyl (C=O) groups is 1. The van der Waals surface area contributed by atoms with Crippen molar-refractivity contribution in [2.24, 2.45) is 0 Å². The third-order valence-corrected chi connectivity index (χ3v) is 4.56. The molecule has 0 amide bonds. The van der Waals surface area contributed by atoms with Gasteiger partial charge in [-0.15, -0.1) is 0 Å². The minimum atomic E-state index is -0.328. The van der Waals surface area contributed by atoms with Gasteiger partial charge in [0.2, 0.25) is 0 Å². The van der Waals surface area contributed by atoms with Gasteiger partial charge in [-0.05, 0) is 30.7 Å². The second-order valence-corrected chi connectivity index (χ2v) is 6.37. The van der Waals surface area contributed by atoms with Crippen LogP contribution >= 0.6 is 15.9 Å². The third-order valence-electron chi connectivity index (χ3n) is 3.84. The van der Waals surface area contributed by atoms with E-state index in [9.17, 15) is 4.79 Å². The summed E-state index contributed by atoms with van der Waals surface area (Å²) in [5.74, 6) is -0.328. The molecule has 2 aromatic rings. The molecule has 0 saturated carbocycles. The summed E-state index contributed by atoms with van der Waals surface area (Å²) >= 11 is 3.62. The van der Waals surface area contributed by atoms with Gasteiger partial charge in [0.25, 0.3) is 0 Å². The van der Waals surface area contributed by atoms with E-state index >= 15 is 0 Å². The first-order valence-electron chi connectivity index (χ1n) is 7.91. The van der Waals surface area contributed by atoms with Crippen LogP contribution in [-0.2, 0) is 9.53 Å². The van der Waals surface area contributed by atoms with E-state index in [1.807, 2.05) is 42.5 Å². The highest BCUT2D eigenvalue weighted by Gasteiger charge is 2.22. The van der Waals surface area contributed by atoms with E-state index in [2.05, 4.69) is 32.6 Å². The standard InChI is InChI=1S/C19H19BrN2O2/c1-2-24-19(23)12-13-11-18(14-7-3-4-8-15(14)20)22-17-10-6-5-9-16(17)21-13/h3-10,12,18,21-22H,2,11H2,1H3/b13-12-. The Labute approximate surface area is 150 Å². The fraction of sp³-hybridized carbons (Fsp3) is 0.211. The van der Waals surface area contributed by atoms with E-state index in [0.29, 0.717) is 13.0 Å². The van der Waals surface area contributed by atoms with Crippen molar-refractivity contribution in [1.82, 2.24) is 0 Å². The smallest absolute Gasteiger partial charge is 0.332 e. The molecule has 1 heterocycles. The zero-order valence-electron chi connectivity index (χ0n) is 13.4. The number of para-hydroxylation sites is 2. The van der Waals surface area contributed by atoms with Gasteiger partial charge in [0.1, 0.15) is 0 Å². The summed E-state index contributed by atoms with van der Waals surface area (Å²) in [5, 5.41) is 6.92. The molecule has 0 aromatic heterocycles. The number of anilines is 2. The normalized spacial score (nSPS) is 18.1. The van der Waals surface area contributed by atoms with Gasteiger partial charge < -0.3 is 15.4 Å². The van der Waals surface area contributed by atoms with Crippen LogP contribution < -0.4 is 10.6 Å². The van der Waals surface area contributed by atoms with Crippen molar-refractivity contribution >= 4 is 33.3 Å². The molecule has 0 spiro atoms. The Balaban J connectivity index is 1.98. The maximum atomic E-state index is 11.9. The summed E-state index contributed by atoms with van der Waals surface area (Å²) in [7, 11) is 0. The van der Waals surface area contributed by atoms with Gasteiger partial charge in [-0.25, -0.2) is 4.79 Å². The van der Waals surface area contributed by atoms with Crippen molar-refractivity contribution in [3.05, 3.63) is 70.3 Å². The number of carbonyl (C=O) groups excluding carboxylic acids is 1. The molecule has 124 valence electrons. The molecule has 24 heavy (non-hydrogen) atoms. The van der Waals surface area contributed by atoms with Gasteiger partial charge in [-0.1, -0.05) is 46.3 Å². The Morgan fingerprint density at radius 2 is 1.92 bits per heavy atom. The maximum Gasteiger partial charge on any atom is 0.332 e. The highest BCUT2D eigenvalue weighted by atomic mass is 79.9. The topological polar surface area (TPSA) is 50.4 Å². The molecule has 1 aliphatic heterocycles. The number of esters is 1. The number of hydrogen-bond donors (Lipinski definition) is 2. The Hall–Kier alpha value is -2.27. The molecule has 1 aliphatic rings. The average molecular weight is 387 g/mol. The van der Waals surface area contributed by atoms with Crippen LogP contribution in [0.5, 0.6) is 0 Å². The molecule has 0 aliphatic carbocycles. The van der Waals surface area contributed by atoms with Crippen molar-refractivity contribution in [1.29, 1.82) is 0 Å². The van der Waals surface area contributed by atoms with Crippen LogP contribution in [0, 0.1) is 0 Å². The number of rotatable bonds is 3. The number of hydrogen-bond acceptors (Lipinski definition) is 4. The van der Waals surface area contributed by atoms with Gasteiger partial charge in [0.15, 0.2) is 0 Å². The van der Waals surface area contributed by atoms with E-state index in [4.69, 9.17) is 4.74 Å². The molecule has 1 atom stereocenters. The highest BCUT2D eigenvalue weighted by molar-refractivity contribution is 9.10. The first-order valence-corrected chi connectivity index (χ1v) is 8.71. The largest absolute Gasteiger partial charge is 0.463 e. The number of ether oxygens (including phenoxy) is 1. The lowest BCUT2D eigenvalue weighted by molar-refractivity contribution is -0.137. The lowest BCUT2D eigenvalue weighted by Gasteiger charge is -2.19. The lowest BCUT2D eigenvalue weighted by atomic mass is 10.0. The Morgan fingerprint density at radius 3 is 2.67 bits per heavy atom. The van der Waals surface area contributed by atoms with Crippen LogP contribution in [0.2, 0.25) is 0 Å². The second kappa shape index (κ2) is 7.53.